The van der Waals surface area contributed by atoms with Gasteiger partial charge in [0, 0.05) is 6.61 Å². The smallest absolute Gasteiger partial charge is 0.0613 e. The average molecular weight is 230 g/mol. The molecule has 0 aromatic rings. The van der Waals surface area contributed by atoms with Crippen LogP contribution in [0.3, 0.4) is 0 Å². The summed E-state index contributed by atoms with van der Waals surface area (Å²) in [5, 5.41) is 9.61. The van der Waals surface area contributed by atoms with Crippen molar-refractivity contribution in [1.29, 1.82) is 0 Å². The Balaban J connectivity index is 4.07. The summed E-state index contributed by atoms with van der Waals surface area (Å²) in [7, 11) is 0. The molecule has 0 bridgehead atoms. The van der Waals surface area contributed by atoms with E-state index in [1.807, 2.05) is 13.8 Å². The number of hydrogen-bond acceptors (Lipinski definition) is 2. The van der Waals surface area contributed by atoms with Crippen molar-refractivity contribution in [2.45, 2.75) is 66.6 Å². The molecule has 0 unspecified atom stereocenters. The van der Waals surface area contributed by atoms with Gasteiger partial charge in [-0.05, 0) is 44.9 Å². The maximum Gasteiger partial charge on any atom is 0.0613 e. The van der Waals surface area contributed by atoms with Crippen molar-refractivity contribution in [3.8, 4) is 0 Å². The topological polar surface area (TPSA) is 29.5 Å². The summed E-state index contributed by atoms with van der Waals surface area (Å²) in [4.78, 5) is 0. The van der Waals surface area contributed by atoms with Gasteiger partial charge in [0.2, 0.25) is 0 Å². The fourth-order valence-electron chi connectivity index (χ4n) is 2.46. The summed E-state index contributed by atoms with van der Waals surface area (Å²) in [6, 6.07) is 0. The Bertz CT molecular complexity index is 172. The second-order valence-electron chi connectivity index (χ2n) is 6.20. The van der Waals surface area contributed by atoms with Crippen LogP contribution in [0.25, 0.3) is 0 Å². The van der Waals surface area contributed by atoms with Crippen LogP contribution in [-0.2, 0) is 4.74 Å². The molecule has 0 rings (SSSR count). The minimum absolute atomic E-state index is 0.266. The Kier molecular flexibility index (Phi) is 6.57. The molecule has 0 aromatic carbocycles. The summed E-state index contributed by atoms with van der Waals surface area (Å²) in [6.07, 6.45) is 0.961. The molecule has 16 heavy (non-hydrogen) atoms. The molecular weight excluding hydrogens is 200 g/mol. The van der Waals surface area contributed by atoms with E-state index in [1.54, 1.807) is 0 Å². The second kappa shape index (κ2) is 6.61. The Labute approximate surface area is 101 Å². The number of hydrogen-bond donors (Lipinski definition) is 1. The predicted octanol–water partition coefficient (Wildman–Crippen LogP) is 3.48. The molecule has 0 aromatic heterocycles. The minimum Gasteiger partial charge on any atom is -0.390 e. The molecule has 2 heteroatoms. The Hall–Kier alpha value is -0.0800. The van der Waals surface area contributed by atoms with Crippen LogP contribution >= 0.6 is 0 Å². The van der Waals surface area contributed by atoms with Crippen molar-refractivity contribution in [3.63, 3.8) is 0 Å². The highest BCUT2D eigenvalue weighted by Crippen LogP contribution is 2.26. The minimum atomic E-state index is -0.620. The molecule has 0 aliphatic heterocycles. The molecular formula is C14H30O2. The van der Waals surface area contributed by atoms with E-state index >= 15 is 0 Å². The summed E-state index contributed by atoms with van der Waals surface area (Å²) in [5.74, 6) is 1.86. The van der Waals surface area contributed by atoms with Gasteiger partial charge in [-0.3, -0.25) is 0 Å². The van der Waals surface area contributed by atoms with E-state index in [-0.39, 0.29) is 6.10 Å². The molecule has 2 nitrogen and oxygen atoms in total. The SMILES string of the molecule is CC(C)C(C(C)C)[C@H](C)OCCC(C)(C)O. The van der Waals surface area contributed by atoms with Crippen LogP contribution in [0.4, 0.5) is 0 Å². The first-order valence-electron chi connectivity index (χ1n) is 6.49. The maximum absolute atomic E-state index is 9.61. The van der Waals surface area contributed by atoms with Gasteiger partial charge >= 0.3 is 0 Å². The highest BCUT2D eigenvalue weighted by atomic mass is 16.5. The van der Waals surface area contributed by atoms with Crippen LogP contribution in [0.15, 0.2) is 0 Å². The average Bonchev–Trinajstić information content (AvgIpc) is 1.99. The Morgan fingerprint density at radius 1 is 1.00 bits per heavy atom. The first-order chi connectivity index (χ1) is 7.15. The first kappa shape index (κ1) is 15.9. The molecule has 98 valence electrons. The zero-order valence-electron chi connectivity index (χ0n) is 12.1. The molecule has 1 atom stereocenters. The van der Waals surface area contributed by atoms with Crippen molar-refractivity contribution in [2.75, 3.05) is 6.61 Å². The van der Waals surface area contributed by atoms with Crippen LogP contribution in [-0.4, -0.2) is 23.4 Å². The van der Waals surface area contributed by atoms with E-state index < -0.39 is 5.60 Å². The van der Waals surface area contributed by atoms with Crippen LogP contribution < -0.4 is 0 Å². The lowest BCUT2D eigenvalue weighted by atomic mass is 9.82. The summed E-state index contributed by atoms with van der Waals surface area (Å²) in [5.41, 5.74) is -0.620. The number of rotatable bonds is 7. The van der Waals surface area contributed by atoms with Gasteiger partial charge in [-0.15, -0.1) is 0 Å². The number of ether oxygens (including phenoxy) is 1. The highest BCUT2D eigenvalue weighted by molar-refractivity contribution is 4.73. The molecule has 0 spiro atoms. The van der Waals surface area contributed by atoms with Crippen molar-refractivity contribution in [2.24, 2.45) is 17.8 Å². The molecule has 1 N–H and O–H groups in total. The fraction of sp³-hybridized carbons (Fsp3) is 1.00. The molecule has 0 aliphatic rings. The van der Waals surface area contributed by atoms with Crippen molar-refractivity contribution in [1.82, 2.24) is 0 Å². The van der Waals surface area contributed by atoms with E-state index in [2.05, 4.69) is 34.6 Å². The standard InChI is InChI=1S/C14H30O2/c1-10(2)13(11(3)4)12(5)16-9-8-14(6,7)15/h10-13,15H,8-9H2,1-7H3/t12-/m0/s1. The normalized spacial score (nSPS) is 15.2. The Morgan fingerprint density at radius 2 is 1.44 bits per heavy atom. The van der Waals surface area contributed by atoms with Crippen molar-refractivity contribution < 1.29 is 9.84 Å². The quantitative estimate of drug-likeness (QED) is 0.725. The lowest BCUT2D eigenvalue weighted by molar-refractivity contribution is -0.0346. The monoisotopic (exact) mass is 230 g/mol. The van der Waals surface area contributed by atoms with Crippen LogP contribution in [0.1, 0.15) is 54.9 Å². The van der Waals surface area contributed by atoms with E-state index in [0.29, 0.717) is 30.8 Å². The van der Waals surface area contributed by atoms with E-state index in [4.69, 9.17) is 4.74 Å². The number of aliphatic hydroxyl groups is 1. The second-order valence-corrected chi connectivity index (χ2v) is 6.20. The predicted molar refractivity (Wildman–Crippen MR) is 69.5 cm³/mol. The van der Waals surface area contributed by atoms with Crippen molar-refractivity contribution >= 4 is 0 Å². The van der Waals surface area contributed by atoms with Gasteiger partial charge in [0.1, 0.15) is 0 Å². The zero-order valence-corrected chi connectivity index (χ0v) is 12.1. The van der Waals surface area contributed by atoms with Crippen LogP contribution in [0.5, 0.6) is 0 Å². The molecule has 0 saturated heterocycles. The maximum atomic E-state index is 9.61. The third-order valence-electron chi connectivity index (χ3n) is 3.18. The van der Waals surface area contributed by atoms with Gasteiger partial charge in [-0.1, -0.05) is 27.7 Å². The van der Waals surface area contributed by atoms with Gasteiger partial charge in [-0.2, -0.15) is 0 Å². The lowest BCUT2D eigenvalue weighted by Crippen LogP contribution is -2.31. The van der Waals surface area contributed by atoms with Crippen LogP contribution in [0, 0.1) is 17.8 Å². The van der Waals surface area contributed by atoms with Gasteiger partial charge in [0.05, 0.1) is 11.7 Å². The first-order valence-corrected chi connectivity index (χ1v) is 6.49. The molecule has 0 aliphatic carbocycles. The van der Waals surface area contributed by atoms with Gasteiger partial charge in [0.25, 0.3) is 0 Å². The third-order valence-corrected chi connectivity index (χ3v) is 3.18. The molecule has 0 saturated carbocycles. The molecule has 0 amide bonds. The third kappa shape index (κ3) is 6.49. The summed E-state index contributed by atoms with van der Waals surface area (Å²) >= 11 is 0. The summed E-state index contributed by atoms with van der Waals surface area (Å²) in [6.45, 7) is 15.4. The fourth-order valence-corrected chi connectivity index (χ4v) is 2.46. The van der Waals surface area contributed by atoms with Gasteiger partial charge < -0.3 is 9.84 Å². The zero-order chi connectivity index (χ0) is 12.9. The molecule has 0 heterocycles. The molecule has 0 radical (unpaired) electrons. The Morgan fingerprint density at radius 3 is 1.75 bits per heavy atom. The van der Waals surface area contributed by atoms with Crippen molar-refractivity contribution in [3.05, 3.63) is 0 Å². The van der Waals surface area contributed by atoms with Gasteiger partial charge in [0.15, 0.2) is 0 Å². The highest BCUT2D eigenvalue weighted by Gasteiger charge is 2.25. The van der Waals surface area contributed by atoms with Gasteiger partial charge in [-0.25, -0.2) is 0 Å². The van der Waals surface area contributed by atoms with E-state index in [9.17, 15) is 5.11 Å². The lowest BCUT2D eigenvalue weighted by Gasteiger charge is -2.31. The van der Waals surface area contributed by atoms with Crippen LogP contribution in [0.2, 0.25) is 0 Å². The summed E-state index contributed by atoms with van der Waals surface area (Å²) < 4.78 is 5.84. The largest absolute Gasteiger partial charge is 0.390 e. The van der Waals surface area contributed by atoms with E-state index in [1.165, 1.54) is 0 Å². The molecule has 0 fully saturated rings. The van der Waals surface area contributed by atoms with E-state index in [0.717, 1.165) is 0 Å².